The number of rotatable bonds is 44. The van der Waals surface area contributed by atoms with E-state index in [-0.39, 0.29) is 24.9 Å². The molecule has 58 heavy (non-hydrogen) atoms. The number of carbonyl (C=O) groups is 2. The van der Waals surface area contributed by atoms with E-state index in [2.05, 4.69) is 74.7 Å². The van der Waals surface area contributed by atoms with Crippen LogP contribution in [0.4, 0.5) is 0 Å². The van der Waals surface area contributed by atoms with Crippen LogP contribution >= 0.6 is 0 Å². The fraction of sp³-hybridized carbons (Fsp3) is 0.808. The summed E-state index contributed by atoms with van der Waals surface area (Å²) in [6.45, 7) is 6.34. The van der Waals surface area contributed by atoms with Gasteiger partial charge in [0.1, 0.15) is 6.10 Å². The Morgan fingerprint density at radius 1 is 0.517 bits per heavy atom. The molecule has 0 saturated carbocycles. The normalized spacial score (nSPS) is 13.7. The molecule has 0 aliphatic carbocycles. The Balaban J connectivity index is 4.61. The highest BCUT2D eigenvalue weighted by molar-refractivity contribution is 5.77. The van der Waals surface area contributed by atoms with Crippen LogP contribution in [0.15, 0.2) is 48.6 Å². The molecule has 1 amide bonds. The van der Waals surface area contributed by atoms with Crippen molar-refractivity contribution < 1.29 is 24.5 Å². The van der Waals surface area contributed by atoms with E-state index in [0.29, 0.717) is 19.3 Å². The molecule has 0 saturated heterocycles. The summed E-state index contributed by atoms with van der Waals surface area (Å²) in [4.78, 5) is 26.1. The lowest BCUT2D eigenvalue weighted by molar-refractivity contribution is -0.151. The van der Waals surface area contributed by atoms with Crippen LogP contribution in [0.25, 0.3) is 0 Å². The maximum atomic E-state index is 13.2. The largest absolute Gasteiger partial charge is 0.462 e. The Morgan fingerprint density at radius 3 is 1.47 bits per heavy atom. The molecule has 0 aromatic heterocycles. The Hall–Kier alpha value is -2.18. The Bertz CT molecular complexity index is 1000. The summed E-state index contributed by atoms with van der Waals surface area (Å²) < 4.78 is 5.90. The van der Waals surface area contributed by atoms with Gasteiger partial charge in [-0.05, 0) is 83.5 Å². The highest BCUT2D eigenvalue weighted by atomic mass is 16.5. The number of aliphatic hydroxyl groups is 2. The predicted octanol–water partition coefficient (Wildman–Crippen LogP) is 14.7. The van der Waals surface area contributed by atoms with Crippen molar-refractivity contribution in [2.75, 3.05) is 6.61 Å². The van der Waals surface area contributed by atoms with Crippen LogP contribution in [0, 0.1) is 0 Å². The third-order valence-corrected chi connectivity index (χ3v) is 11.1. The van der Waals surface area contributed by atoms with Crippen LogP contribution in [0.3, 0.4) is 0 Å². The number of hydrogen-bond donors (Lipinski definition) is 3. The van der Waals surface area contributed by atoms with E-state index in [1.807, 2.05) is 0 Å². The molecule has 3 unspecified atom stereocenters. The lowest BCUT2D eigenvalue weighted by atomic mass is 10.0. The molecular weight excluding hydrogens is 719 g/mol. The van der Waals surface area contributed by atoms with Crippen LogP contribution in [-0.2, 0) is 14.3 Å². The van der Waals surface area contributed by atoms with Crippen molar-refractivity contribution in [2.45, 2.75) is 264 Å². The summed E-state index contributed by atoms with van der Waals surface area (Å²) in [7, 11) is 0. The van der Waals surface area contributed by atoms with Gasteiger partial charge in [0, 0.05) is 6.42 Å². The molecule has 3 N–H and O–H groups in total. The smallest absolute Gasteiger partial charge is 0.306 e. The second-order valence-corrected chi connectivity index (χ2v) is 16.8. The van der Waals surface area contributed by atoms with Gasteiger partial charge in [-0.25, -0.2) is 0 Å². The van der Waals surface area contributed by atoms with Crippen LogP contribution in [0.2, 0.25) is 0 Å². The quantitative estimate of drug-likeness (QED) is 0.0323. The molecule has 6 nitrogen and oxygen atoms in total. The van der Waals surface area contributed by atoms with Gasteiger partial charge in [-0.2, -0.15) is 0 Å². The number of esters is 1. The van der Waals surface area contributed by atoms with E-state index in [1.165, 1.54) is 122 Å². The molecule has 0 fully saturated rings. The number of ether oxygens (including phenoxy) is 1. The summed E-state index contributed by atoms with van der Waals surface area (Å²) in [5, 5.41) is 23.7. The molecule has 3 atom stereocenters. The van der Waals surface area contributed by atoms with Gasteiger partial charge < -0.3 is 20.3 Å². The fourth-order valence-electron chi connectivity index (χ4n) is 7.38. The van der Waals surface area contributed by atoms with Crippen LogP contribution < -0.4 is 5.32 Å². The van der Waals surface area contributed by atoms with Crippen molar-refractivity contribution in [1.29, 1.82) is 0 Å². The molecule has 0 rings (SSSR count). The first-order valence-corrected chi connectivity index (χ1v) is 24.9. The molecule has 0 aliphatic rings. The second kappa shape index (κ2) is 45.9. The van der Waals surface area contributed by atoms with Gasteiger partial charge >= 0.3 is 5.97 Å². The Morgan fingerprint density at radius 2 is 0.931 bits per heavy atom. The first kappa shape index (κ1) is 55.8. The van der Waals surface area contributed by atoms with Crippen LogP contribution in [-0.4, -0.2) is 46.9 Å². The van der Waals surface area contributed by atoms with Crippen molar-refractivity contribution in [2.24, 2.45) is 0 Å². The van der Waals surface area contributed by atoms with Crippen LogP contribution in [0.5, 0.6) is 0 Å². The van der Waals surface area contributed by atoms with E-state index in [4.69, 9.17) is 4.74 Å². The van der Waals surface area contributed by atoms with E-state index in [9.17, 15) is 19.8 Å². The Labute approximate surface area is 359 Å². The van der Waals surface area contributed by atoms with Crippen molar-refractivity contribution in [3.8, 4) is 0 Å². The van der Waals surface area contributed by atoms with Crippen molar-refractivity contribution in [1.82, 2.24) is 5.32 Å². The molecule has 338 valence electrons. The minimum atomic E-state index is -0.797. The molecule has 0 spiro atoms. The predicted molar refractivity (Wildman–Crippen MR) is 250 cm³/mol. The molecule has 0 heterocycles. The SMILES string of the molecule is CC/C=C/C/C=C/C/C=C/CCCCC(CC(=O)NC(CO)C(O)CCCCCCCCCCCCCC)OC(=O)CCCCCCCCC/C=C\CCCCCC. The first-order chi connectivity index (χ1) is 28.5. The van der Waals surface area contributed by atoms with Crippen molar-refractivity contribution >= 4 is 11.9 Å². The third-order valence-electron chi connectivity index (χ3n) is 11.1. The lowest BCUT2D eigenvalue weighted by Gasteiger charge is -2.24. The van der Waals surface area contributed by atoms with Gasteiger partial charge in [0.05, 0.1) is 25.2 Å². The molecule has 0 aromatic rings. The minimum Gasteiger partial charge on any atom is -0.462 e. The summed E-state index contributed by atoms with van der Waals surface area (Å²) in [5.41, 5.74) is 0. The maximum Gasteiger partial charge on any atom is 0.306 e. The number of aliphatic hydroxyl groups excluding tert-OH is 2. The second-order valence-electron chi connectivity index (χ2n) is 16.8. The van der Waals surface area contributed by atoms with Crippen molar-refractivity contribution in [3.05, 3.63) is 48.6 Å². The summed E-state index contributed by atoms with van der Waals surface area (Å²) in [5.74, 6) is -0.515. The van der Waals surface area contributed by atoms with E-state index < -0.39 is 18.2 Å². The number of unbranched alkanes of at least 4 members (excludes halogenated alkanes) is 24. The minimum absolute atomic E-state index is 0.0503. The van der Waals surface area contributed by atoms with E-state index in [1.54, 1.807) is 0 Å². The molecule has 0 radical (unpaired) electrons. The first-order valence-electron chi connectivity index (χ1n) is 24.9. The maximum absolute atomic E-state index is 13.2. The number of allylic oxidation sites excluding steroid dienone is 8. The van der Waals surface area contributed by atoms with Gasteiger partial charge in [-0.1, -0.05) is 198 Å². The lowest BCUT2D eigenvalue weighted by Crippen LogP contribution is -2.46. The highest BCUT2D eigenvalue weighted by Gasteiger charge is 2.24. The molecular formula is C52H95NO5. The number of carbonyl (C=O) groups excluding carboxylic acids is 2. The van der Waals surface area contributed by atoms with Gasteiger partial charge in [-0.15, -0.1) is 0 Å². The summed E-state index contributed by atoms with van der Waals surface area (Å²) >= 11 is 0. The van der Waals surface area contributed by atoms with Gasteiger partial charge in [0.25, 0.3) is 0 Å². The number of nitrogens with one attached hydrogen (secondary N) is 1. The van der Waals surface area contributed by atoms with Gasteiger partial charge in [0.2, 0.25) is 5.91 Å². The topological polar surface area (TPSA) is 95.9 Å². The van der Waals surface area contributed by atoms with E-state index in [0.717, 1.165) is 77.0 Å². The highest BCUT2D eigenvalue weighted by Crippen LogP contribution is 2.17. The molecule has 0 aliphatic heterocycles. The summed E-state index contributed by atoms with van der Waals surface area (Å²) in [6.07, 6.45) is 54.6. The summed E-state index contributed by atoms with van der Waals surface area (Å²) in [6, 6.07) is -0.713. The Kier molecular flexibility index (Phi) is 44.2. The average molecular weight is 814 g/mol. The zero-order valence-corrected chi connectivity index (χ0v) is 38.4. The molecule has 0 aromatic carbocycles. The van der Waals surface area contributed by atoms with Gasteiger partial charge in [0.15, 0.2) is 0 Å². The van der Waals surface area contributed by atoms with Gasteiger partial charge in [-0.3, -0.25) is 9.59 Å². The zero-order valence-electron chi connectivity index (χ0n) is 38.4. The molecule has 0 bridgehead atoms. The number of hydrogen-bond acceptors (Lipinski definition) is 5. The van der Waals surface area contributed by atoms with Crippen molar-refractivity contribution in [3.63, 3.8) is 0 Å². The molecule has 6 heteroatoms. The fourth-order valence-corrected chi connectivity index (χ4v) is 7.38. The van der Waals surface area contributed by atoms with E-state index >= 15 is 0 Å². The van der Waals surface area contributed by atoms with Crippen LogP contribution in [0.1, 0.15) is 245 Å². The standard InChI is InChI=1S/C52H95NO5/c1-4-7-10-13-16-19-22-25-26-27-30-33-36-39-42-45-52(57)58-48(43-40-37-34-31-28-23-20-17-14-11-8-5-2)46-51(56)53-49(47-54)50(55)44-41-38-35-32-29-24-21-18-15-12-9-6-3/h8,11,17,19-20,22,28,31,48-50,54-55H,4-7,9-10,12-16,18,21,23-27,29-30,32-47H2,1-3H3,(H,53,56)/b11-8+,20-17+,22-19-,31-28+. The average Bonchev–Trinajstić information content (AvgIpc) is 3.22. The zero-order chi connectivity index (χ0) is 42.4. The number of amides is 1. The third kappa shape index (κ3) is 40.6. The monoisotopic (exact) mass is 814 g/mol.